The van der Waals surface area contributed by atoms with Crippen LogP contribution < -0.4 is 20.7 Å². The zero-order valence-corrected chi connectivity index (χ0v) is 20.0. The minimum absolute atomic E-state index is 0.0302. The van der Waals surface area contributed by atoms with Crippen molar-refractivity contribution in [1.29, 1.82) is 5.26 Å². The van der Waals surface area contributed by atoms with Crippen LogP contribution in [0.4, 0.5) is 23.2 Å². The zero-order chi connectivity index (χ0) is 29.3. The first-order valence-electron chi connectivity index (χ1n) is 11.0. The van der Waals surface area contributed by atoms with Crippen molar-refractivity contribution in [3.63, 3.8) is 0 Å². The van der Waals surface area contributed by atoms with E-state index in [4.69, 9.17) is 10.4 Å². The molecule has 0 spiro atoms. The van der Waals surface area contributed by atoms with Crippen LogP contribution in [0.1, 0.15) is 25.3 Å². The Labute approximate surface area is 217 Å². The molecule has 2 aromatic carbocycles. The number of para-hydroxylation sites is 1. The molecule has 0 aromatic heterocycles. The molecular formula is C24H20F4N4O7. The van der Waals surface area contributed by atoms with Gasteiger partial charge in [-0.25, -0.2) is 8.78 Å². The van der Waals surface area contributed by atoms with Gasteiger partial charge in [-0.1, -0.05) is 12.1 Å². The molecule has 2 aromatic rings. The third-order valence-corrected chi connectivity index (χ3v) is 5.03. The number of nitrogens with one attached hydrogen (secondary N) is 3. The molecule has 0 saturated carbocycles. The summed E-state index contributed by atoms with van der Waals surface area (Å²) in [5.74, 6) is -15.0. The van der Waals surface area contributed by atoms with Gasteiger partial charge in [0.05, 0.1) is 17.3 Å². The molecule has 0 fully saturated rings. The third-order valence-electron chi connectivity index (χ3n) is 5.03. The van der Waals surface area contributed by atoms with E-state index in [0.29, 0.717) is 0 Å². The van der Waals surface area contributed by atoms with Crippen LogP contribution in [0.25, 0.3) is 0 Å². The summed E-state index contributed by atoms with van der Waals surface area (Å²) in [4.78, 5) is 60.4. The summed E-state index contributed by atoms with van der Waals surface area (Å²) in [6.45, 7) is -0.0952. The van der Waals surface area contributed by atoms with Gasteiger partial charge in [-0.3, -0.25) is 24.0 Å². The molecule has 3 amide bonds. The van der Waals surface area contributed by atoms with E-state index >= 15 is 0 Å². The van der Waals surface area contributed by atoms with E-state index in [2.05, 4.69) is 15.4 Å². The minimum Gasteiger partial charge on any atom is -0.481 e. The van der Waals surface area contributed by atoms with E-state index in [1.807, 2.05) is 11.4 Å². The van der Waals surface area contributed by atoms with Crippen LogP contribution in [0.3, 0.4) is 0 Å². The van der Waals surface area contributed by atoms with Crippen LogP contribution in [0.5, 0.6) is 5.75 Å². The number of amides is 3. The van der Waals surface area contributed by atoms with Crippen molar-refractivity contribution < 1.29 is 51.4 Å². The SMILES string of the molecule is C[C@H](NC(=O)C(=O)Nc1ccccc1C#N)C(=O)N[C@@H](CCC(=O)O)C(=O)COc1c(F)c(F)cc(F)c1F. The molecule has 4 N–H and O–H groups in total. The minimum atomic E-state index is -1.92. The average Bonchev–Trinajstić information content (AvgIpc) is 2.89. The number of carbonyl (C=O) groups excluding carboxylic acids is 4. The lowest BCUT2D eigenvalue weighted by atomic mass is 10.1. The number of hydrogen-bond donors (Lipinski definition) is 4. The van der Waals surface area contributed by atoms with Crippen molar-refractivity contribution >= 4 is 35.2 Å². The maximum Gasteiger partial charge on any atom is 0.313 e. The lowest BCUT2D eigenvalue weighted by Crippen LogP contribution is -2.52. The molecule has 0 bridgehead atoms. The Kier molecular flexibility index (Phi) is 10.5. The molecule has 2 rings (SSSR count). The first-order valence-corrected chi connectivity index (χ1v) is 11.0. The second-order valence-electron chi connectivity index (χ2n) is 7.85. The van der Waals surface area contributed by atoms with E-state index in [0.717, 1.165) is 6.92 Å². The van der Waals surface area contributed by atoms with E-state index < -0.39 is 90.0 Å². The van der Waals surface area contributed by atoms with E-state index in [1.54, 1.807) is 0 Å². The largest absolute Gasteiger partial charge is 0.481 e. The van der Waals surface area contributed by atoms with Gasteiger partial charge in [0.1, 0.15) is 18.7 Å². The van der Waals surface area contributed by atoms with Crippen LogP contribution in [0.15, 0.2) is 30.3 Å². The second-order valence-corrected chi connectivity index (χ2v) is 7.85. The molecular weight excluding hydrogens is 532 g/mol. The monoisotopic (exact) mass is 552 g/mol. The van der Waals surface area contributed by atoms with Crippen molar-refractivity contribution in [2.45, 2.75) is 31.8 Å². The first-order chi connectivity index (χ1) is 18.3. The van der Waals surface area contributed by atoms with Crippen molar-refractivity contribution in [3.05, 3.63) is 59.2 Å². The number of anilines is 1. The van der Waals surface area contributed by atoms with Gasteiger partial charge in [0.25, 0.3) is 0 Å². The number of carbonyl (C=O) groups is 5. The Morgan fingerprint density at radius 1 is 1.00 bits per heavy atom. The summed E-state index contributed by atoms with van der Waals surface area (Å²) in [5, 5.41) is 24.3. The Bertz CT molecular complexity index is 1320. The van der Waals surface area contributed by atoms with E-state index in [-0.39, 0.29) is 17.3 Å². The summed E-state index contributed by atoms with van der Waals surface area (Å²) in [7, 11) is 0. The van der Waals surface area contributed by atoms with E-state index in [9.17, 15) is 41.5 Å². The average molecular weight is 552 g/mol. The number of carboxylic acids is 1. The van der Waals surface area contributed by atoms with Gasteiger partial charge < -0.3 is 25.8 Å². The van der Waals surface area contributed by atoms with Gasteiger partial charge in [0.2, 0.25) is 17.5 Å². The molecule has 206 valence electrons. The number of Topliss-reactive ketones (excluding diaryl/α,β-unsaturated/α-hetero) is 1. The summed E-state index contributed by atoms with van der Waals surface area (Å²) in [6.07, 6.45) is -1.19. The highest BCUT2D eigenvalue weighted by Gasteiger charge is 2.28. The molecule has 2 atom stereocenters. The standard InChI is InChI=1S/C24H20F4N4O7/c1-11(30-23(37)24(38)31-15-5-3-2-4-12(15)9-29)22(36)32-16(6-7-18(34)35)17(33)10-39-21-19(27)13(25)8-14(26)20(21)28/h2-5,8,11,16H,6-7,10H2,1H3,(H,30,37)(H,31,38)(H,32,36)(H,34,35)/t11-,16-/m0/s1. The number of aliphatic carboxylic acids is 1. The summed E-state index contributed by atoms with van der Waals surface area (Å²) < 4.78 is 58.8. The van der Waals surface area contributed by atoms with Crippen LogP contribution >= 0.6 is 0 Å². The summed E-state index contributed by atoms with van der Waals surface area (Å²) in [6, 6.07) is 4.41. The maximum absolute atomic E-state index is 13.8. The van der Waals surface area contributed by atoms with E-state index in [1.165, 1.54) is 24.3 Å². The molecule has 0 aliphatic heterocycles. The number of halogens is 4. The summed E-state index contributed by atoms with van der Waals surface area (Å²) in [5.41, 5.74) is 0.0924. The number of hydrogen-bond acceptors (Lipinski definition) is 7. The number of rotatable bonds is 11. The molecule has 0 unspecified atom stereocenters. The quantitative estimate of drug-likeness (QED) is 0.185. The number of ether oxygens (including phenoxy) is 1. The fourth-order valence-corrected chi connectivity index (χ4v) is 3.00. The lowest BCUT2D eigenvalue weighted by molar-refractivity contribution is -0.139. The van der Waals surface area contributed by atoms with Gasteiger partial charge in [0, 0.05) is 12.5 Å². The van der Waals surface area contributed by atoms with Gasteiger partial charge in [-0.15, -0.1) is 0 Å². The fraction of sp³-hybridized carbons (Fsp3) is 0.250. The Morgan fingerprint density at radius 3 is 2.21 bits per heavy atom. The van der Waals surface area contributed by atoms with Crippen LogP contribution in [0, 0.1) is 34.6 Å². The van der Waals surface area contributed by atoms with Crippen molar-refractivity contribution in [2.75, 3.05) is 11.9 Å². The molecule has 0 aliphatic carbocycles. The molecule has 0 heterocycles. The number of carboxylic acid groups (broad SMARTS) is 1. The fourth-order valence-electron chi connectivity index (χ4n) is 3.00. The Morgan fingerprint density at radius 2 is 1.62 bits per heavy atom. The molecule has 0 radical (unpaired) electrons. The van der Waals surface area contributed by atoms with Crippen molar-refractivity contribution in [3.8, 4) is 11.8 Å². The summed E-state index contributed by atoms with van der Waals surface area (Å²) >= 11 is 0. The van der Waals surface area contributed by atoms with Crippen LogP contribution in [0.2, 0.25) is 0 Å². The zero-order valence-electron chi connectivity index (χ0n) is 20.0. The van der Waals surface area contributed by atoms with Crippen LogP contribution in [-0.4, -0.2) is 53.3 Å². The number of nitriles is 1. The van der Waals surface area contributed by atoms with Crippen LogP contribution in [-0.2, 0) is 24.0 Å². The topological polar surface area (TPSA) is 175 Å². The van der Waals surface area contributed by atoms with Gasteiger partial charge >= 0.3 is 17.8 Å². The predicted octanol–water partition coefficient (Wildman–Crippen LogP) is 1.56. The maximum atomic E-state index is 13.8. The number of benzene rings is 2. The van der Waals surface area contributed by atoms with Gasteiger partial charge in [-0.05, 0) is 25.5 Å². The molecule has 0 aliphatic rings. The third kappa shape index (κ3) is 8.25. The molecule has 0 saturated heterocycles. The Balaban J connectivity index is 2.05. The molecule has 11 nitrogen and oxygen atoms in total. The highest BCUT2D eigenvalue weighted by molar-refractivity contribution is 6.40. The predicted molar refractivity (Wildman–Crippen MR) is 123 cm³/mol. The van der Waals surface area contributed by atoms with Crippen molar-refractivity contribution in [1.82, 2.24) is 10.6 Å². The number of nitrogens with zero attached hydrogens (tertiary/aromatic N) is 1. The Hall–Kier alpha value is -5.00. The highest BCUT2D eigenvalue weighted by Crippen LogP contribution is 2.26. The normalized spacial score (nSPS) is 11.9. The second kappa shape index (κ2) is 13.5. The van der Waals surface area contributed by atoms with Crippen molar-refractivity contribution in [2.24, 2.45) is 0 Å². The highest BCUT2D eigenvalue weighted by atomic mass is 19.2. The number of ketones is 1. The molecule has 39 heavy (non-hydrogen) atoms. The molecule has 15 heteroatoms. The smallest absolute Gasteiger partial charge is 0.313 e. The first kappa shape index (κ1) is 30.2. The van der Waals surface area contributed by atoms with Gasteiger partial charge in [0.15, 0.2) is 23.2 Å². The van der Waals surface area contributed by atoms with Gasteiger partial charge in [-0.2, -0.15) is 14.0 Å². The lowest BCUT2D eigenvalue weighted by Gasteiger charge is -2.20.